The summed E-state index contributed by atoms with van der Waals surface area (Å²) in [5.74, 6) is -0.134. The van der Waals surface area contributed by atoms with Gasteiger partial charge in [0.2, 0.25) is 0 Å². The molecule has 14 heavy (non-hydrogen) atoms. The number of aryl methyl sites for hydroxylation is 1. The van der Waals surface area contributed by atoms with Gasteiger partial charge in [-0.05, 0) is 11.6 Å². The lowest BCUT2D eigenvalue weighted by Crippen LogP contribution is -2.33. The van der Waals surface area contributed by atoms with Gasteiger partial charge in [-0.25, -0.2) is 0 Å². The zero-order valence-corrected chi connectivity index (χ0v) is 8.62. The summed E-state index contributed by atoms with van der Waals surface area (Å²) in [5, 5.41) is 12.0. The van der Waals surface area contributed by atoms with Gasteiger partial charge in [-0.3, -0.25) is 10.1 Å². The number of aromatic nitrogens is 1. The minimum Gasteiger partial charge on any atom is -0.480 e. The molecule has 0 saturated carbocycles. The Morgan fingerprint density at radius 3 is 3.07 bits per heavy atom. The summed E-state index contributed by atoms with van der Waals surface area (Å²) in [7, 11) is 1.96. The predicted molar refractivity (Wildman–Crippen MR) is 55.2 cm³/mol. The van der Waals surface area contributed by atoms with Crippen LogP contribution in [0.25, 0.3) is 0 Å². The Morgan fingerprint density at radius 2 is 2.57 bits per heavy atom. The van der Waals surface area contributed by atoms with Gasteiger partial charge in [0, 0.05) is 25.2 Å². The van der Waals surface area contributed by atoms with Gasteiger partial charge >= 0.3 is 5.97 Å². The van der Waals surface area contributed by atoms with Crippen molar-refractivity contribution in [2.75, 3.05) is 5.75 Å². The average molecular weight is 212 g/mol. The van der Waals surface area contributed by atoms with Crippen molar-refractivity contribution in [1.82, 2.24) is 9.88 Å². The van der Waals surface area contributed by atoms with Gasteiger partial charge in [-0.15, -0.1) is 11.8 Å². The van der Waals surface area contributed by atoms with Crippen LogP contribution in [-0.2, 0) is 11.8 Å². The van der Waals surface area contributed by atoms with Crippen LogP contribution >= 0.6 is 11.8 Å². The SMILES string of the molecule is Cn1ccc(C2N[C@H](C(=O)O)CS2)c1. The van der Waals surface area contributed by atoms with Crippen molar-refractivity contribution in [3.63, 3.8) is 0 Å². The molecule has 2 heterocycles. The Kier molecular flexibility index (Phi) is 2.52. The molecule has 5 heteroatoms. The van der Waals surface area contributed by atoms with Crippen LogP contribution in [0.1, 0.15) is 10.9 Å². The van der Waals surface area contributed by atoms with Crippen LogP contribution in [0.2, 0.25) is 0 Å². The number of nitrogens with zero attached hydrogens (tertiary/aromatic N) is 1. The molecule has 1 fully saturated rings. The van der Waals surface area contributed by atoms with E-state index in [0.717, 1.165) is 5.56 Å². The van der Waals surface area contributed by atoms with Gasteiger partial charge in [-0.1, -0.05) is 0 Å². The second-order valence-electron chi connectivity index (χ2n) is 3.38. The number of hydrogen-bond donors (Lipinski definition) is 2. The topological polar surface area (TPSA) is 54.3 Å². The average Bonchev–Trinajstić information content (AvgIpc) is 2.70. The molecule has 1 aromatic rings. The van der Waals surface area contributed by atoms with Crippen LogP contribution in [0.4, 0.5) is 0 Å². The molecule has 2 N–H and O–H groups in total. The number of carbonyl (C=O) groups is 1. The highest BCUT2D eigenvalue weighted by atomic mass is 32.2. The number of nitrogens with one attached hydrogen (secondary N) is 1. The Morgan fingerprint density at radius 1 is 1.79 bits per heavy atom. The second-order valence-corrected chi connectivity index (χ2v) is 4.52. The number of hydrogen-bond acceptors (Lipinski definition) is 3. The molecule has 1 aliphatic heterocycles. The van der Waals surface area contributed by atoms with Crippen LogP contribution < -0.4 is 5.32 Å². The van der Waals surface area contributed by atoms with Gasteiger partial charge in [0.15, 0.2) is 0 Å². The van der Waals surface area contributed by atoms with E-state index in [-0.39, 0.29) is 5.37 Å². The van der Waals surface area contributed by atoms with Crippen LogP contribution in [0, 0.1) is 0 Å². The van der Waals surface area contributed by atoms with Gasteiger partial charge in [-0.2, -0.15) is 0 Å². The molecule has 0 aliphatic carbocycles. The highest BCUT2D eigenvalue weighted by molar-refractivity contribution is 7.99. The van der Waals surface area contributed by atoms with Crippen molar-refractivity contribution >= 4 is 17.7 Å². The number of thioether (sulfide) groups is 1. The normalized spacial score (nSPS) is 26.6. The molecule has 0 bridgehead atoms. The number of carboxylic acids is 1. The molecule has 2 atom stereocenters. The van der Waals surface area contributed by atoms with Crippen molar-refractivity contribution in [1.29, 1.82) is 0 Å². The third-order valence-electron chi connectivity index (χ3n) is 2.24. The lowest BCUT2D eigenvalue weighted by molar-refractivity contribution is -0.138. The quantitative estimate of drug-likeness (QED) is 0.762. The Hall–Kier alpha value is -0.940. The van der Waals surface area contributed by atoms with E-state index in [1.165, 1.54) is 0 Å². The first-order valence-corrected chi connectivity index (χ1v) is 5.44. The van der Waals surface area contributed by atoms with E-state index in [4.69, 9.17) is 5.11 Å². The Bertz CT molecular complexity index is 350. The minimum atomic E-state index is -0.768. The van der Waals surface area contributed by atoms with E-state index < -0.39 is 12.0 Å². The van der Waals surface area contributed by atoms with Crippen molar-refractivity contribution < 1.29 is 9.90 Å². The molecule has 1 unspecified atom stereocenters. The lowest BCUT2D eigenvalue weighted by atomic mass is 10.3. The van der Waals surface area contributed by atoms with E-state index in [1.54, 1.807) is 11.8 Å². The molecule has 1 aliphatic rings. The maximum atomic E-state index is 10.7. The smallest absolute Gasteiger partial charge is 0.321 e. The molecular formula is C9H12N2O2S. The third kappa shape index (κ3) is 1.78. The summed E-state index contributed by atoms with van der Waals surface area (Å²) in [5.41, 5.74) is 1.14. The highest BCUT2D eigenvalue weighted by Crippen LogP contribution is 2.32. The molecule has 0 amide bonds. The Labute approximate surface area is 86.3 Å². The van der Waals surface area contributed by atoms with E-state index >= 15 is 0 Å². The lowest BCUT2D eigenvalue weighted by Gasteiger charge is -2.08. The first-order chi connectivity index (χ1) is 6.66. The number of rotatable bonds is 2. The monoisotopic (exact) mass is 212 g/mol. The zero-order chi connectivity index (χ0) is 10.1. The van der Waals surface area contributed by atoms with Crippen LogP contribution in [-0.4, -0.2) is 27.4 Å². The fourth-order valence-electron chi connectivity index (χ4n) is 1.49. The molecular weight excluding hydrogens is 200 g/mol. The molecule has 1 saturated heterocycles. The van der Waals surface area contributed by atoms with Crippen LogP contribution in [0.15, 0.2) is 18.5 Å². The van der Waals surface area contributed by atoms with Crippen LogP contribution in [0.3, 0.4) is 0 Å². The number of aliphatic carboxylic acids is 1. The summed E-state index contributed by atoms with van der Waals surface area (Å²) in [6, 6.07) is 1.60. The van der Waals surface area contributed by atoms with Crippen molar-refractivity contribution in [3.05, 3.63) is 24.0 Å². The third-order valence-corrected chi connectivity index (χ3v) is 3.51. The largest absolute Gasteiger partial charge is 0.480 e. The van der Waals surface area contributed by atoms with Crippen LogP contribution in [0.5, 0.6) is 0 Å². The van der Waals surface area contributed by atoms with Crippen molar-refractivity contribution in [2.24, 2.45) is 7.05 Å². The summed E-state index contributed by atoms with van der Waals surface area (Å²) < 4.78 is 1.96. The summed E-state index contributed by atoms with van der Waals surface area (Å²) >= 11 is 1.64. The predicted octanol–water partition coefficient (Wildman–Crippen LogP) is 0.813. The van der Waals surface area contributed by atoms with E-state index in [9.17, 15) is 4.79 Å². The maximum absolute atomic E-state index is 10.7. The van der Waals surface area contributed by atoms with Gasteiger partial charge < -0.3 is 9.67 Å². The summed E-state index contributed by atoms with van der Waals surface area (Å²) in [6.45, 7) is 0. The molecule has 1 aromatic heterocycles. The molecule has 0 radical (unpaired) electrons. The molecule has 0 aromatic carbocycles. The van der Waals surface area contributed by atoms with Gasteiger partial charge in [0.1, 0.15) is 6.04 Å². The van der Waals surface area contributed by atoms with E-state index in [2.05, 4.69) is 5.32 Å². The molecule has 76 valence electrons. The summed E-state index contributed by atoms with van der Waals surface area (Å²) in [4.78, 5) is 10.7. The van der Waals surface area contributed by atoms with Crippen molar-refractivity contribution in [3.8, 4) is 0 Å². The Balaban J connectivity index is 2.05. The summed E-state index contributed by atoms with van der Waals surface area (Å²) in [6.07, 6.45) is 3.97. The maximum Gasteiger partial charge on any atom is 0.321 e. The number of carboxylic acid groups (broad SMARTS) is 1. The fourth-order valence-corrected chi connectivity index (χ4v) is 2.70. The first-order valence-electron chi connectivity index (χ1n) is 4.39. The first kappa shape index (κ1) is 9.61. The molecule has 4 nitrogen and oxygen atoms in total. The molecule has 0 spiro atoms. The standard InChI is InChI=1S/C9H12N2O2S/c1-11-3-2-6(4-11)8-10-7(5-14-8)9(12)13/h2-4,7-8,10H,5H2,1H3,(H,12,13)/t7-,8?/m0/s1. The van der Waals surface area contributed by atoms with E-state index in [0.29, 0.717) is 5.75 Å². The van der Waals surface area contributed by atoms with Gasteiger partial charge in [0.05, 0.1) is 5.37 Å². The fraction of sp³-hybridized carbons (Fsp3) is 0.444. The van der Waals surface area contributed by atoms with Crippen molar-refractivity contribution in [2.45, 2.75) is 11.4 Å². The minimum absolute atomic E-state index is 0.122. The highest BCUT2D eigenvalue weighted by Gasteiger charge is 2.30. The second kappa shape index (κ2) is 3.67. The zero-order valence-electron chi connectivity index (χ0n) is 7.80. The molecule has 2 rings (SSSR count). The van der Waals surface area contributed by atoms with E-state index in [1.807, 2.05) is 30.1 Å². The van der Waals surface area contributed by atoms with Gasteiger partial charge in [0.25, 0.3) is 0 Å².